The zero-order valence-corrected chi connectivity index (χ0v) is 11.2. The van der Waals surface area contributed by atoms with Gasteiger partial charge in [0.25, 0.3) is 0 Å². The van der Waals surface area contributed by atoms with Crippen molar-refractivity contribution in [1.29, 1.82) is 0 Å². The molecule has 1 amide bonds. The molecule has 1 unspecified atom stereocenters. The number of rotatable bonds is 4. The summed E-state index contributed by atoms with van der Waals surface area (Å²) in [6, 6.07) is 0. The van der Waals surface area contributed by atoms with E-state index in [1.165, 1.54) is 0 Å². The van der Waals surface area contributed by atoms with E-state index in [4.69, 9.17) is 16.3 Å². The smallest absolute Gasteiger partial charge is 0.309 e. The lowest BCUT2D eigenvalue weighted by Gasteiger charge is -2.32. The van der Waals surface area contributed by atoms with E-state index < -0.39 is 0 Å². The molecular weight excluding hydrogens is 242 g/mol. The number of alkyl halides is 1. The molecule has 1 atom stereocenters. The van der Waals surface area contributed by atoms with Gasteiger partial charge in [-0.1, -0.05) is 6.92 Å². The second-order valence-electron chi connectivity index (χ2n) is 4.41. The number of esters is 1. The largest absolute Gasteiger partial charge is 0.466 e. The summed E-state index contributed by atoms with van der Waals surface area (Å²) >= 11 is 5.66. The summed E-state index contributed by atoms with van der Waals surface area (Å²) in [6.07, 6.45) is 1.39. The van der Waals surface area contributed by atoms with Crippen molar-refractivity contribution in [2.24, 2.45) is 11.8 Å². The van der Waals surface area contributed by atoms with Gasteiger partial charge in [0.2, 0.25) is 5.91 Å². The second-order valence-corrected chi connectivity index (χ2v) is 4.72. The van der Waals surface area contributed by atoms with Crippen LogP contribution in [0.15, 0.2) is 0 Å². The normalized spacial score (nSPS) is 18.9. The van der Waals surface area contributed by atoms with Gasteiger partial charge in [0.1, 0.15) is 0 Å². The molecule has 0 spiro atoms. The molecular formula is C12H20ClNO3. The van der Waals surface area contributed by atoms with Crippen LogP contribution < -0.4 is 0 Å². The van der Waals surface area contributed by atoms with Crippen LogP contribution in [0.3, 0.4) is 0 Å². The highest BCUT2D eigenvalue weighted by molar-refractivity contribution is 6.19. The molecule has 0 aromatic heterocycles. The standard InChI is InChI=1S/C12H20ClNO3/c1-3-17-12(16)10-4-6-14(7-5-10)11(15)9(2)8-13/h9-10H,3-8H2,1-2H3. The van der Waals surface area contributed by atoms with E-state index in [9.17, 15) is 9.59 Å². The lowest BCUT2D eigenvalue weighted by molar-refractivity contribution is -0.151. The van der Waals surface area contributed by atoms with Crippen LogP contribution in [-0.4, -0.2) is 42.4 Å². The number of ether oxygens (including phenoxy) is 1. The molecule has 0 saturated carbocycles. The summed E-state index contributed by atoms with van der Waals surface area (Å²) in [5, 5.41) is 0. The first-order valence-corrected chi connectivity index (χ1v) is 6.65. The van der Waals surface area contributed by atoms with Crippen molar-refractivity contribution in [3.63, 3.8) is 0 Å². The van der Waals surface area contributed by atoms with E-state index in [0.717, 1.165) is 0 Å². The van der Waals surface area contributed by atoms with Crippen molar-refractivity contribution in [3.05, 3.63) is 0 Å². The third-order valence-corrected chi connectivity index (χ3v) is 3.54. The fraction of sp³-hybridized carbons (Fsp3) is 0.833. The molecule has 0 bridgehead atoms. The van der Waals surface area contributed by atoms with Gasteiger partial charge >= 0.3 is 5.97 Å². The molecule has 1 heterocycles. The van der Waals surface area contributed by atoms with Crippen LogP contribution in [0.4, 0.5) is 0 Å². The fourth-order valence-electron chi connectivity index (χ4n) is 1.97. The summed E-state index contributed by atoms with van der Waals surface area (Å²) in [4.78, 5) is 25.2. The van der Waals surface area contributed by atoms with Crippen LogP contribution in [0.5, 0.6) is 0 Å². The molecule has 0 aromatic rings. The van der Waals surface area contributed by atoms with Gasteiger partial charge in [-0.05, 0) is 19.8 Å². The third-order valence-electron chi connectivity index (χ3n) is 3.08. The monoisotopic (exact) mass is 261 g/mol. The molecule has 1 fully saturated rings. The minimum Gasteiger partial charge on any atom is -0.466 e. The van der Waals surface area contributed by atoms with Gasteiger partial charge in [-0.15, -0.1) is 11.6 Å². The first kappa shape index (κ1) is 14.3. The molecule has 17 heavy (non-hydrogen) atoms. The van der Waals surface area contributed by atoms with Gasteiger partial charge < -0.3 is 9.64 Å². The number of piperidine rings is 1. The average molecular weight is 262 g/mol. The number of amides is 1. The lowest BCUT2D eigenvalue weighted by Crippen LogP contribution is -2.43. The van der Waals surface area contributed by atoms with Gasteiger partial charge in [-0.3, -0.25) is 9.59 Å². The summed E-state index contributed by atoms with van der Waals surface area (Å²) in [7, 11) is 0. The van der Waals surface area contributed by atoms with Crippen molar-refractivity contribution in [2.75, 3.05) is 25.6 Å². The van der Waals surface area contributed by atoms with Crippen molar-refractivity contribution in [3.8, 4) is 0 Å². The molecule has 4 nitrogen and oxygen atoms in total. The maximum absolute atomic E-state index is 11.9. The first-order chi connectivity index (χ1) is 8.10. The average Bonchev–Trinajstić information content (AvgIpc) is 2.37. The van der Waals surface area contributed by atoms with E-state index in [0.29, 0.717) is 38.4 Å². The molecule has 0 N–H and O–H groups in total. The van der Waals surface area contributed by atoms with E-state index in [1.807, 2.05) is 6.92 Å². The van der Waals surface area contributed by atoms with Gasteiger partial charge in [-0.2, -0.15) is 0 Å². The van der Waals surface area contributed by atoms with Gasteiger partial charge in [-0.25, -0.2) is 0 Å². The van der Waals surface area contributed by atoms with Crippen LogP contribution in [0.2, 0.25) is 0 Å². The zero-order valence-electron chi connectivity index (χ0n) is 10.4. The lowest BCUT2D eigenvalue weighted by atomic mass is 9.96. The quantitative estimate of drug-likeness (QED) is 0.571. The van der Waals surface area contributed by atoms with Crippen LogP contribution in [-0.2, 0) is 14.3 Å². The Balaban J connectivity index is 2.40. The Hall–Kier alpha value is -0.770. The topological polar surface area (TPSA) is 46.6 Å². The Kier molecular flexibility index (Phi) is 5.75. The number of carbonyl (C=O) groups is 2. The number of nitrogens with zero attached hydrogens (tertiary/aromatic N) is 1. The van der Waals surface area contributed by atoms with Crippen LogP contribution in [0.25, 0.3) is 0 Å². The number of hydrogen-bond acceptors (Lipinski definition) is 3. The highest BCUT2D eigenvalue weighted by atomic mass is 35.5. The van der Waals surface area contributed by atoms with E-state index >= 15 is 0 Å². The molecule has 98 valence electrons. The summed E-state index contributed by atoms with van der Waals surface area (Å²) in [5.41, 5.74) is 0. The summed E-state index contributed by atoms with van der Waals surface area (Å²) in [6.45, 7) is 5.31. The highest BCUT2D eigenvalue weighted by Gasteiger charge is 2.29. The van der Waals surface area contributed by atoms with Gasteiger partial charge in [0.05, 0.1) is 12.5 Å². The third kappa shape index (κ3) is 3.87. The Labute approximate surface area is 107 Å². The summed E-state index contributed by atoms with van der Waals surface area (Å²) < 4.78 is 4.98. The number of carbonyl (C=O) groups excluding carboxylic acids is 2. The predicted molar refractivity (Wildman–Crippen MR) is 65.8 cm³/mol. The maximum atomic E-state index is 11.9. The Morgan fingerprint density at radius 2 is 2.00 bits per heavy atom. The van der Waals surface area contributed by atoms with E-state index in [1.54, 1.807) is 11.8 Å². The van der Waals surface area contributed by atoms with Gasteiger partial charge in [0.15, 0.2) is 0 Å². The van der Waals surface area contributed by atoms with Gasteiger partial charge in [0, 0.05) is 24.9 Å². The molecule has 1 aliphatic heterocycles. The van der Waals surface area contributed by atoms with E-state index in [2.05, 4.69) is 0 Å². The Morgan fingerprint density at radius 1 is 1.41 bits per heavy atom. The molecule has 1 aliphatic rings. The first-order valence-electron chi connectivity index (χ1n) is 6.11. The highest BCUT2D eigenvalue weighted by Crippen LogP contribution is 2.20. The molecule has 0 aliphatic carbocycles. The predicted octanol–water partition coefficient (Wildman–Crippen LogP) is 1.66. The molecule has 1 saturated heterocycles. The van der Waals surface area contributed by atoms with Crippen molar-refractivity contribution in [2.45, 2.75) is 26.7 Å². The number of halogens is 1. The van der Waals surface area contributed by atoms with Crippen LogP contribution >= 0.6 is 11.6 Å². The van der Waals surface area contributed by atoms with Crippen molar-refractivity contribution in [1.82, 2.24) is 4.90 Å². The minimum absolute atomic E-state index is 0.0506. The maximum Gasteiger partial charge on any atom is 0.309 e. The van der Waals surface area contributed by atoms with E-state index in [-0.39, 0.29) is 23.7 Å². The molecule has 0 aromatic carbocycles. The summed E-state index contributed by atoms with van der Waals surface area (Å²) in [5.74, 6) is 0.102. The van der Waals surface area contributed by atoms with Crippen molar-refractivity contribution < 1.29 is 14.3 Å². The van der Waals surface area contributed by atoms with Crippen LogP contribution in [0, 0.1) is 11.8 Å². The fourth-order valence-corrected chi connectivity index (χ4v) is 2.11. The Bertz CT molecular complexity index is 275. The number of likely N-dealkylation sites (tertiary alicyclic amines) is 1. The second kappa shape index (κ2) is 6.84. The SMILES string of the molecule is CCOC(=O)C1CCN(C(=O)C(C)CCl)CC1. The minimum atomic E-state index is -0.143. The zero-order chi connectivity index (χ0) is 12.8. The molecule has 1 rings (SSSR count). The number of hydrogen-bond donors (Lipinski definition) is 0. The van der Waals surface area contributed by atoms with Crippen LogP contribution in [0.1, 0.15) is 26.7 Å². The van der Waals surface area contributed by atoms with Crippen molar-refractivity contribution >= 4 is 23.5 Å². The molecule has 0 radical (unpaired) electrons. The molecule has 5 heteroatoms. The Morgan fingerprint density at radius 3 is 2.47 bits per heavy atom.